The smallest absolute Gasteiger partial charge is 0.271 e. The van der Waals surface area contributed by atoms with Crippen molar-refractivity contribution in [2.75, 3.05) is 31.6 Å². The molecule has 1 aromatic heterocycles. The number of aryl methyl sites for hydroxylation is 2. The van der Waals surface area contributed by atoms with Crippen LogP contribution in [0.5, 0.6) is 0 Å². The summed E-state index contributed by atoms with van der Waals surface area (Å²) in [7, 11) is -3.93. The molecule has 1 saturated heterocycles. The number of sulfonamides is 1. The van der Waals surface area contributed by atoms with Gasteiger partial charge in [0, 0.05) is 25.0 Å². The number of ether oxygens (including phenoxy) is 1. The molecular formula is C19H23N3O5S. The Kier molecular flexibility index (Phi) is 5.97. The highest BCUT2D eigenvalue weighted by Crippen LogP contribution is 2.16. The average Bonchev–Trinajstić information content (AvgIpc) is 2.66. The van der Waals surface area contributed by atoms with Crippen molar-refractivity contribution in [2.45, 2.75) is 25.3 Å². The number of carbonyl (C=O) groups excluding carboxylic acids is 1. The molecule has 1 amide bonds. The molecule has 3 rings (SSSR count). The number of anilines is 1. The Balaban J connectivity index is 1.81. The Bertz CT molecular complexity index is 1040. The number of carbonyl (C=O) groups is 1. The van der Waals surface area contributed by atoms with Gasteiger partial charge in [0.2, 0.25) is 15.9 Å². The van der Waals surface area contributed by atoms with E-state index in [-0.39, 0.29) is 24.5 Å². The number of amides is 1. The normalized spacial score (nSPS) is 15.4. The zero-order chi connectivity index (χ0) is 20.3. The predicted molar refractivity (Wildman–Crippen MR) is 105 cm³/mol. The van der Waals surface area contributed by atoms with Crippen molar-refractivity contribution in [3.63, 3.8) is 0 Å². The number of hydrogen-bond acceptors (Lipinski definition) is 5. The fourth-order valence-electron chi connectivity index (χ4n) is 3.06. The van der Waals surface area contributed by atoms with Crippen LogP contribution in [0.4, 0.5) is 5.69 Å². The highest BCUT2D eigenvalue weighted by atomic mass is 32.2. The molecule has 0 atom stereocenters. The van der Waals surface area contributed by atoms with Crippen LogP contribution < -0.4 is 10.9 Å². The minimum atomic E-state index is -3.93. The number of hydrogen-bond donors (Lipinski definition) is 1. The summed E-state index contributed by atoms with van der Waals surface area (Å²) in [6.45, 7) is 4.53. The summed E-state index contributed by atoms with van der Waals surface area (Å²) in [4.78, 5) is 24.8. The van der Waals surface area contributed by atoms with Crippen molar-refractivity contribution < 1.29 is 17.9 Å². The quantitative estimate of drug-likeness (QED) is 0.804. The number of nitrogens with zero attached hydrogens (tertiary/aromatic N) is 2. The van der Waals surface area contributed by atoms with E-state index in [1.165, 1.54) is 22.6 Å². The van der Waals surface area contributed by atoms with Crippen LogP contribution in [0, 0.1) is 13.8 Å². The average molecular weight is 405 g/mol. The van der Waals surface area contributed by atoms with E-state index in [0.717, 1.165) is 15.7 Å². The molecule has 1 N–H and O–H groups in total. The molecule has 1 aliphatic rings. The number of benzene rings is 1. The van der Waals surface area contributed by atoms with Crippen molar-refractivity contribution in [1.82, 2.24) is 8.87 Å². The van der Waals surface area contributed by atoms with E-state index in [2.05, 4.69) is 5.32 Å². The van der Waals surface area contributed by atoms with Crippen LogP contribution in [-0.2, 0) is 26.1 Å². The minimum Gasteiger partial charge on any atom is -0.379 e. The van der Waals surface area contributed by atoms with Gasteiger partial charge in [-0.1, -0.05) is 17.7 Å². The van der Waals surface area contributed by atoms with Gasteiger partial charge in [-0.3, -0.25) is 9.59 Å². The first-order valence-corrected chi connectivity index (χ1v) is 10.4. The molecule has 1 fully saturated rings. The van der Waals surface area contributed by atoms with Crippen LogP contribution in [-0.4, -0.2) is 49.5 Å². The lowest BCUT2D eigenvalue weighted by Gasteiger charge is -2.25. The van der Waals surface area contributed by atoms with Crippen molar-refractivity contribution in [2.24, 2.45) is 0 Å². The monoisotopic (exact) mass is 405 g/mol. The molecule has 0 aliphatic carbocycles. The molecule has 2 aromatic rings. The lowest BCUT2D eigenvalue weighted by Crippen LogP contribution is -2.43. The van der Waals surface area contributed by atoms with E-state index in [0.29, 0.717) is 18.9 Å². The second-order valence-corrected chi connectivity index (χ2v) is 8.59. The Hall–Kier alpha value is -2.49. The van der Waals surface area contributed by atoms with Crippen LogP contribution in [0.2, 0.25) is 0 Å². The standard InChI is InChI=1S/C19H23N3O5S/c1-14-5-6-16(15(2)12-14)20-18(23)13-21-7-3-4-17(19(21)24)28(25,26)22-8-10-27-11-9-22/h3-7,12H,8-11,13H2,1-2H3,(H,20,23). The second-order valence-electron chi connectivity index (χ2n) is 6.69. The summed E-state index contributed by atoms with van der Waals surface area (Å²) >= 11 is 0. The van der Waals surface area contributed by atoms with Crippen LogP contribution in [0.3, 0.4) is 0 Å². The number of aromatic nitrogens is 1. The van der Waals surface area contributed by atoms with Gasteiger partial charge in [-0.15, -0.1) is 0 Å². The topological polar surface area (TPSA) is 97.7 Å². The van der Waals surface area contributed by atoms with E-state index in [9.17, 15) is 18.0 Å². The van der Waals surface area contributed by atoms with Gasteiger partial charge in [0.25, 0.3) is 5.56 Å². The summed E-state index contributed by atoms with van der Waals surface area (Å²) in [5.41, 5.74) is 1.92. The zero-order valence-corrected chi connectivity index (χ0v) is 16.7. The third kappa shape index (κ3) is 4.32. The first-order valence-electron chi connectivity index (χ1n) is 8.93. The maximum Gasteiger partial charge on any atom is 0.271 e. The fraction of sp³-hybridized carbons (Fsp3) is 0.368. The summed E-state index contributed by atoms with van der Waals surface area (Å²) in [6, 6.07) is 8.34. The Morgan fingerprint density at radius 1 is 1.18 bits per heavy atom. The van der Waals surface area contributed by atoms with E-state index in [1.807, 2.05) is 26.0 Å². The van der Waals surface area contributed by atoms with Crippen molar-refractivity contribution in [3.05, 3.63) is 58.0 Å². The molecule has 150 valence electrons. The maximum atomic E-state index is 12.8. The molecule has 0 spiro atoms. The van der Waals surface area contributed by atoms with Gasteiger partial charge >= 0.3 is 0 Å². The van der Waals surface area contributed by atoms with Gasteiger partial charge in [0.1, 0.15) is 11.4 Å². The summed E-state index contributed by atoms with van der Waals surface area (Å²) in [6.07, 6.45) is 1.41. The van der Waals surface area contributed by atoms with Crippen LogP contribution in [0.25, 0.3) is 0 Å². The lowest BCUT2D eigenvalue weighted by molar-refractivity contribution is -0.116. The molecule has 0 radical (unpaired) electrons. The summed E-state index contributed by atoms with van der Waals surface area (Å²) in [5, 5.41) is 2.76. The van der Waals surface area contributed by atoms with Crippen LogP contribution in [0.1, 0.15) is 11.1 Å². The minimum absolute atomic E-state index is 0.198. The molecule has 0 bridgehead atoms. The van der Waals surface area contributed by atoms with Crippen molar-refractivity contribution in [3.8, 4) is 0 Å². The number of pyridine rings is 1. The van der Waals surface area contributed by atoms with E-state index < -0.39 is 21.5 Å². The third-order valence-corrected chi connectivity index (χ3v) is 6.45. The van der Waals surface area contributed by atoms with Gasteiger partial charge < -0.3 is 14.6 Å². The highest BCUT2D eigenvalue weighted by molar-refractivity contribution is 7.89. The van der Waals surface area contributed by atoms with Crippen molar-refractivity contribution >= 4 is 21.6 Å². The Labute approximate surface area is 163 Å². The molecular weight excluding hydrogens is 382 g/mol. The number of nitrogens with one attached hydrogen (secondary N) is 1. The van der Waals surface area contributed by atoms with Crippen LogP contribution in [0.15, 0.2) is 46.2 Å². The molecule has 1 aliphatic heterocycles. The molecule has 28 heavy (non-hydrogen) atoms. The molecule has 0 saturated carbocycles. The maximum absolute atomic E-state index is 12.8. The van der Waals surface area contributed by atoms with Gasteiger partial charge in [0.05, 0.1) is 13.2 Å². The highest BCUT2D eigenvalue weighted by Gasteiger charge is 2.29. The first-order chi connectivity index (χ1) is 13.3. The Morgan fingerprint density at radius 2 is 1.89 bits per heavy atom. The van der Waals surface area contributed by atoms with Gasteiger partial charge in [-0.05, 0) is 37.6 Å². The largest absolute Gasteiger partial charge is 0.379 e. The second kappa shape index (κ2) is 8.26. The molecule has 0 unspecified atom stereocenters. The lowest BCUT2D eigenvalue weighted by atomic mass is 10.1. The zero-order valence-electron chi connectivity index (χ0n) is 15.8. The Morgan fingerprint density at radius 3 is 2.57 bits per heavy atom. The number of morpholine rings is 1. The predicted octanol–water partition coefficient (Wildman–Crippen LogP) is 1.12. The number of rotatable bonds is 5. The SMILES string of the molecule is Cc1ccc(NC(=O)Cn2cccc(S(=O)(=O)N3CCOCC3)c2=O)c(C)c1. The molecule has 8 nitrogen and oxygen atoms in total. The van der Waals surface area contributed by atoms with E-state index in [4.69, 9.17) is 4.74 Å². The fourth-order valence-corrected chi connectivity index (χ4v) is 4.56. The summed E-state index contributed by atoms with van der Waals surface area (Å²) in [5.74, 6) is -0.407. The van der Waals surface area contributed by atoms with Crippen LogP contribution >= 0.6 is 0 Å². The van der Waals surface area contributed by atoms with Gasteiger partial charge in [-0.2, -0.15) is 4.31 Å². The van der Waals surface area contributed by atoms with E-state index >= 15 is 0 Å². The third-order valence-electron chi connectivity index (χ3n) is 4.54. The molecule has 2 heterocycles. The van der Waals surface area contributed by atoms with Gasteiger partial charge in [0.15, 0.2) is 0 Å². The summed E-state index contributed by atoms with van der Waals surface area (Å²) < 4.78 is 33.0. The molecule has 1 aromatic carbocycles. The van der Waals surface area contributed by atoms with Crippen molar-refractivity contribution in [1.29, 1.82) is 0 Å². The molecule has 9 heteroatoms. The van der Waals surface area contributed by atoms with E-state index in [1.54, 1.807) is 6.07 Å². The first kappa shape index (κ1) is 20.2. The van der Waals surface area contributed by atoms with Gasteiger partial charge in [-0.25, -0.2) is 8.42 Å².